The van der Waals surface area contributed by atoms with E-state index in [2.05, 4.69) is 15.7 Å². The van der Waals surface area contributed by atoms with E-state index >= 15 is 0 Å². The van der Waals surface area contributed by atoms with Crippen molar-refractivity contribution >= 4 is 17.8 Å². The van der Waals surface area contributed by atoms with Gasteiger partial charge in [-0.1, -0.05) is 58.0 Å². The molecule has 1 aromatic heterocycles. The molecule has 204 valence electrons. The van der Waals surface area contributed by atoms with Gasteiger partial charge in [-0.3, -0.25) is 9.59 Å². The Hall–Kier alpha value is -3.47. The number of nitrogens with zero attached hydrogens (tertiary/aromatic N) is 3. The fourth-order valence-corrected chi connectivity index (χ4v) is 3.58. The Morgan fingerprint density at radius 1 is 1.00 bits per heavy atom. The minimum absolute atomic E-state index is 0.0455. The summed E-state index contributed by atoms with van der Waals surface area (Å²) in [5.74, 6) is -2.10. The first kappa shape index (κ1) is 29.8. The molecule has 0 spiro atoms. The van der Waals surface area contributed by atoms with Crippen molar-refractivity contribution in [3.8, 4) is 0 Å². The molecule has 2 N–H and O–H groups in total. The molecule has 1 aromatic carbocycles. The van der Waals surface area contributed by atoms with Crippen molar-refractivity contribution in [2.24, 2.45) is 11.8 Å². The van der Waals surface area contributed by atoms with Crippen LogP contribution in [0.15, 0.2) is 39.5 Å². The van der Waals surface area contributed by atoms with Crippen molar-refractivity contribution in [1.29, 1.82) is 0 Å². The molecule has 0 aliphatic rings. The zero-order valence-corrected chi connectivity index (χ0v) is 22.5. The first-order valence-corrected chi connectivity index (χ1v) is 12.5. The minimum atomic E-state index is -0.982. The zero-order chi connectivity index (χ0) is 27.5. The van der Waals surface area contributed by atoms with Gasteiger partial charge in [-0.2, -0.15) is 4.68 Å². The number of likely N-dealkylation sites (N-methyl/N-ethyl adjacent to an activating group) is 1. The second-order valence-corrected chi connectivity index (χ2v) is 10.1. The molecule has 0 saturated heterocycles. The topological polar surface area (TPSA) is 136 Å². The number of aromatic nitrogens is 2. The van der Waals surface area contributed by atoms with E-state index in [4.69, 9.17) is 9.15 Å². The number of nitrogens with one attached hydrogen (secondary N) is 2. The molecule has 0 fully saturated rings. The van der Waals surface area contributed by atoms with Crippen molar-refractivity contribution in [3.05, 3.63) is 52.3 Å². The number of carbonyl (C=O) groups is 3. The molecule has 0 aliphatic carbocycles. The molecule has 0 bridgehead atoms. The number of hydrogen-bond acceptors (Lipinski definition) is 8. The number of hydrogen-bond donors (Lipinski definition) is 2. The third-order valence-corrected chi connectivity index (χ3v) is 5.44. The predicted octanol–water partition coefficient (Wildman–Crippen LogP) is 2.45. The zero-order valence-electron chi connectivity index (χ0n) is 22.5. The van der Waals surface area contributed by atoms with Crippen LogP contribution in [0.3, 0.4) is 0 Å². The van der Waals surface area contributed by atoms with Crippen LogP contribution in [0.2, 0.25) is 0 Å². The summed E-state index contributed by atoms with van der Waals surface area (Å²) in [4.78, 5) is 52.9. The molecule has 2 aromatic rings. The van der Waals surface area contributed by atoms with E-state index in [1.54, 1.807) is 0 Å². The van der Waals surface area contributed by atoms with E-state index in [9.17, 15) is 19.2 Å². The first-order chi connectivity index (χ1) is 17.5. The smallest absolute Gasteiger partial charge is 0.437 e. The lowest BCUT2D eigenvalue weighted by Gasteiger charge is -2.24. The van der Waals surface area contributed by atoms with Crippen LogP contribution in [0, 0.1) is 11.8 Å². The van der Waals surface area contributed by atoms with E-state index in [1.165, 1.54) is 0 Å². The summed E-state index contributed by atoms with van der Waals surface area (Å²) in [7, 11) is 3.70. The molecule has 2 amide bonds. The molecule has 37 heavy (non-hydrogen) atoms. The van der Waals surface area contributed by atoms with Crippen LogP contribution in [-0.4, -0.2) is 65.2 Å². The number of benzene rings is 1. The van der Waals surface area contributed by atoms with Crippen LogP contribution in [0.1, 0.15) is 56.8 Å². The SMILES string of the molecule is CC(C)CC(NC(=O)[C@H](CC(C)C)NC(=O)OCc1ccccc1)C(=O)c1nn(CCN(C)C)c(=O)o1. The third-order valence-electron chi connectivity index (χ3n) is 5.44. The lowest BCUT2D eigenvalue weighted by Crippen LogP contribution is -2.52. The Balaban J connectivity index is 2.12. The largest absolute Gasteiger partial charge is 0.445 e. The summed E-state index contributed by atoms with van der Waals surface area (Å²) in [6, 6.07) is 7.29. The van der Waals surface area contributed by atoms with E-state index in [0.717, 1.165) is 10.2 Å². The van der Waals surface area contributed by atoms with Gasteiger partial charge in [0.05, 0.1) is 12.6 Å². The Bertz CT molecular complexity index is 1080. The number of alkyl carbamates (subject to hydrolysis) is 1. The second kappa shape index (κ2) is 14.3. The molecule has 0 saturated carbocycles. The highest BCUT2D eigenvalue weighted by Gasteiger charge is 2.31. The number of ketones is 1. The average molecular weight is 518 g/mol. The van der Waals surface area contributed by atoms with Gasteiger partial charge < -0.3 is 24.7 Å². The highest BCUT2D eigenvalue weighted by molar-refractivity contribution is 5.99. The summed E-state index contributed by atoms with van der Waals surface area (Å²) in [5.41, 5.74) is 0.816. The highest BCUT2D eigenvalue weighted by atomic mass is 16.5. The van der Waals surface area contributed by atoms with Crippen LogP contribution in [0.25, 0.3) is 0 Å². The van der Waals surface area contributed by atoms with Crippen LogP contribution < -0.4 is 16.4 Å². The summed E-state index contributed by atoms with van der Waals surface area (Å²) in [5, 5.41) is 9.38. The van der Waals surface area contributed by atoms with Gasteiger partial charge >= 0.3 is 11.8 Å². The van der Waals surface area contributed by atoms with Crippen molar-refractivity contribution in [3.63, 3.8) is 0 Å². The average Bonchev–Trinajstić information content (AvgIpc) is 3.20. The molecule has 11 heteroatoms. The molecular weight excluding hydrogens is 478 g/mol. The van der Waals surface area contributed by atoms with Crippen LogP contribution in [0.4, 0.5) is 4.79 Å². The van der Waals surface area contributed by atoms with Crippen molar-refractivity contribution < 1.29 is 23.5 Å². The summed E-state index contributed by atoms with van der Waals surface area (Å²) < 4.78 is 11.5. The van der Waals surface area contributed by atoms with E-state index < -0.39 is 35.6 Å². The number of rotatable bonds is 14. The Labute approximate surface area is 217 Å². The van der Waals surface area contributed by atoms with Crippen LogP contribution >= 0.6 is 0 Å². The molecule has 2 rings (SSSR count). The highest BCUT2D eigenvalue weighted by Crippen LogP contribution is 2.12. The van der Waals surface area contributed by atoms with Gasteiger partial charge in [-0.15, -0.1) is 5.10 Å². The van der Waals surface area contributed by atoms with Crippen molar-refractivity contribution in [2.45, 2.75) is 65.8 Å². The Morgan fingerprint density at radius 3 is 2.22 bits per heavy atom. The lowest BCUT2D eigenvalue weighted by atomic mass is 9.98. The summed E-state index contributed by atoms with van der Waals surface area (Å²) >= 11 is 0. The lowest BCUT2D eigenvalue weighted by molar-refractivity contribution is -0.124. The summed E-state index contributed by atoms with van der Waals surface area (Å²) in [6.45, 7) is 8.51. The van der Waals surface area contributed by atoms with E-state index in [0.29, 0.717) is 19.4 Å². The van der Waals surface area contributed by atoms with Gasteiger partial charge in [0.2, 0.25) is 11.7 Å². The summed E-state index contributed by atoms with van der Waals surface area (Å²) in [6.07, 6.45) is -0.101. The fourth-order valence-electron chi connectivity index (χ4n) is 3.58. The van der Waals surface area contributed by atoms with Gasteiger partial charge in [0.25, 0.3) is 5.89 Å². The standard InChI is InChI=1S/C26H39N5O6/c1-17(2)14-20(22(32)24-29-31(26(35)37-24)13-12-30(5)6)27-23(33)21(15-18(3)4)28-25(34)36-16-19-10-8-7-9-11-19/h7-11,17-18,20-21H,12-16H2,1-6H3,(H,27,33)(H,28,34)/t20?,21-/m0/s1. The minimum Gasteiger partial charge on any atom is -0.445 e. The number of amides is 2. The monoisotopic (exact) mass is 517 g/mol. The maximum absolute atomic E-state index is 13.2. The third kappa shape index (κ3) is 10.2. The molecular formula is C26H39N5O6. The van der Waals surface area contributed by atoms with Gasteiger partial charge in [0, 0.05) is 6.54 Å². The second-order valence-electron chi connectivity index (χ2n) is 10.1. The van der Waals surface area contributed by atoms with Gasteiger partial charge in [0.15, 0.2) is 0 Å². The Morgan fingerprint density at radius 2 is 1.62 bits per heavy atom. The molecule has 0 aliphatic heterocycles. The maximum Gasteiger partial charge on any atom is 0.437 e. The normalized spacial score (nSPS) is 13.0. The van der Waals surface area contributed by atoms with E-state index in [1.807, 2.05) is 77.0 Å². The van der Waals surface area contributed by atoms with E-state index in [-0.39, 0.29) is 30.9 Å². The van der Waals surface area contributed by atoms with Crippen LogP contribution in [-0.2, 0) is 22.7 Å². The molecule has 0 radical (unpaired) electrons. The quantitative estimate of drug-likeness (QED) is 0.365. The van der Waals surface area contributed by atoms with Gasteiger partial charge in [-0.05, 0) is 44.3 Å². The Kier molecular flexibility index (Phi) is 11.5. The molecule has 1 unspecified atom stereocenters. The molecule has 2 atom stereocenters. The molecule has 11 nitrogen and oxygen atoms in total. The molecule has 1 heterocycles. The van der Waals surface area contributed by atoms with Gasteiger partial charge in [-0.25, -0.2) is 9.59 Å². The predicted molar refractivity (Wildman–Crippen MR) is 138 cm³/mol. The van der Waals surface area contributed by atoms with Crippen LogP contribution in [0.5, 0.6) is 0 Å². The number of Topliss-reactive ketones (excluding diaryl/α,β-unsaturated/α-hetero) is 1. The first-order valence-electron chi connectivity index (χ1n) is 12.5. The number of ether oxygens (including phenoxy) is 1. The fraction of sp³-hybridized carbons (Fsp3) is 0.577. The number of carbonyl (C=O) groups excluding carboxylic acids is 3. The van der Waals surface area contributed by atoms with Gasteiger partial charge in [0.1, 0.15) is 12.6 Å². The van der Waals surface area contributed by atoms with Crippen molar-refractivity contribution in [2.75, 3.05) is 20.6 Å². The van der Waals surface area contributed by atoms with Crippen molar-refractivity contribution in [1.82, 2.24) is 25.3 Å². The maximum atomic E-state index is 13.2.